The summed E-state index contributed by atoms with van der Waals surface area (Å²) in [7, 11) is 0. The molecule has 7 heteroatoms. The summed E-state index contributed by atoms with van der Waals surface area (Å²) in [6.45, 7) is 0. The average molecular weight is 347 g/mol. The average Bonchev–Trinajstić information content (AvgIpc) is 3.11. The summed E-state index contributed by atoms with van der Waals surface area (Å²) >= 11 is 1.49. The zero-order valence-electron chi connectivity index (χ0n) is 13.0. The van der Waals surface area contributed by atoms with Crippen LogP contribution in [0.15, 0.2) is 61.1 Å². The van der Waals surface area contributed by atoms with E-state index in [9.17, 15) is 5.11 Å². The van der Waals surface area contributed by atoms with E-state index in [0.717, 1.165) is 26.7 Å². The summed E-state index contributed by atoms with van der Waals surface area (Å²) in [6, 6.07) is 13.7. The molecule has 6 nitrogen and oxygen atoms in total. The predicted molar refractivity (Wildman–Crippen MR) is 97.9 cm³/mol. The standard InChI is InChI=1S/C18H13N5OS/c19-16-17(24)22-13(10-21-16)15-14(11-6-8-20-9-7-11)23-18(25-15)12-4-2-1-3-5-12/h1-10H,(H2,19,21)(H,22,24). The zero-order valence-corrected chi connectivity index (χ0v) is 13.8. The second kappa shape index (κ2) is 6.29. The van der Waals surface area contributed by atoms with Crippen molar-refractivity contribution in [1.82, 2.24) is 19.9 Å². The van der Waals surface area contributed by atoms with Crippen molar-refractivity contribution in [2.75, 3.05) is 5.73 Å². The number of thiazole rings is 1. The minimum Gasteiger partial charge on any atom is -0.491 e. The largest absolute Gasteiger partial charge is 0.491 e. The molecular formula is C18H13N5OS. The van der Waals surface area contributed by atoms with Gasteiger partial charge in [0.05, 0.1) is 16.8 Å². The van der Waals surface area contributed by atoms with Gasteiger partial charge >= 0.3 is 0 Å². The van der Waals surface area contributed by atoms with Gasteiger partial charge in [0.2, 0.25) is 0 Å². The molecule has 3 aromatic heterocycles. The number of aromatic nitrogens is 4. The molecule has 1 aromatic carbocycles. The molecule has 4 rings (SSSR count). The Hall–Kier alpha value is -3.32. The number of nitrogens with two attached hydrogens (primary N) is 1. The fourth-order valence-electron chi connectivity index (χ4n) is 2.40. The predicted octanol–water partition coefficient (Wildman–Crippen LogP) is 3.62. The minimum absolute atomic E-state index is 0.00186. The van der Waals surface area contributed by atoms with E-state index in [-0.39, 0.29) is 11.7 Å². The van der Waals surface area contributed by atoms with Crippen LogP contribution >= 0.6 is 11.3 Å². The molecule has 0 fully saturated rings. The van der Waals surface area contributed by atoms with Gasteiger partial charge in [0.25, 0.3) is 5.88 Å². The second-order valence-electron chi connectivity index (χ2n) is 5.26. The first-order valence-electron chi connectivity index (χ1n) is 7.51. The Morgan fingerprint density at radius 2 is 1.68 bits per heavy atom. The summed E-state index contributed by atoms with van der Waals surface area (Å²) in [6.07, 6.45) is 4.97. The molecule has 0 unspecified atom stereocenters. The van der Waals surface area contributed by atoms with Gasteiger partial charge in [-0.25, -0.2) is 15.0 Å². The summed E-state index contributed by atoms with van der Waals surface area (Å²) < 4.78 is 0. The highest BCUT2D eigenvalue weighted by Crippen LogP contribution is 2.40. The number of hydrogen-bond donors (Lipinski definition) is 2. The molecule has 3 heterocycles. The van der Waals surface area contributed by atoms with E-state index in [2.05, 4.69) is 15.0 Å². The topological polar surface area (TPSA) is 97.8 Å². The first-order chi connectivity index (χ1) is 12.2. The van der Waals surface area contributed by atoms with E-state index in [1.807, 2.05) is 42.5 Å². The van der Waals surface area contributed by atoms with Crippen LogP contribution in [0.4, 0.5) is 5.82 Å². The smallest absolute Gasteiger partial charge is 0.255 e. The van der Waals surface area contributed by atoms with Crippen molar-refractivity contribution in [3.8, 4) is 38.3 Å². The van der Waals surface area contributed by atoms with Crippen LogP contribution in [0.3, 0.4) is 0 Å². The van der Waals surface area contributed by atoms with Crippen molar-refractivity contribution in [2.45, 2.75) is 0 Å². The van der Waals surface area contributed by atoms with Crippen LogP contribution in [0.2, 0.25) is 0 Å². The number of benzene rings is 1. The molecule has 0 saturated heterocycles. The first kappa shape index (κ1) is 15.2. The third-order valence-corrected chi connectivity index (χ3v) is 4.74. The normalized spacial score (nSPS) is 10.7. The van der Waals surface area contributed by atoms with Gasteiger partial charge < -0.3 is 10.8 Å². The third kappa shape index (κ3) is 2.92. The third-order valence-electron chi connectivity index (χ3n) is 3.62. The molecule has 4 aromatic rings. The number of pyridine rings is 1. The molecule has 0 bridgehead atoms. The molecule has 0 aliphatic heterocycles. The van der Waals surface area contributed by atoms with Gasteiger partial charge in [-0.2, -0.15) is 0 Å². The van der Waals surface area contributed by atoms with Gasteiger partial charge in [0.1, 0.15) is 10.7 Å². The van der Waals surface area contributed by atoms with Crippen LogP contribution in [0.5, 0.6) is 5.88 Å². The number of anilines is 1. The lowest BCUT2D eigenvalue weighted by Gasteiger charge is -2.03. The second-order valence-corrected chi connectivity index (χ2v) is 6.26. The maximum atomic E-state index is 9.82. The Kier molecular flexibility index (Phi) is 3.83. The van der Waals surface area contributed by atoms with Crippen molar-refractivity contribution in [3.63, 3.8) is 0 Å². The van der Waals surface area contributed by atoms with Crippen LogP contribution in [-0.4, -0.2) is 25.0 Å². The fourth-order valence-corrected chi connectivity index (χ4v) is 3.45. The lowest BCUT2D eigenvalue weighted by Crippen LogP contribution is -1.94. The number of nitrogen functional groups attached to an aromatic ring is 1. The Morgan fingerprint density at radius 3 is 2.40 bits per heavy atom. The van der Waals surface area contributed by atoms with Gasteiger partial charge in [-0.3, -0.25) is 4.98 Å². The number of rotatable bonds is 3. The first-order valence-corrected chi connectivity index (χ1v) is 8.32. The highest BCUT2D eigenvalue weighted by atomic mass is 32.1. The van der Waals surface area contributed by atoms with E-state index in [1.54, 1.807) is 18.6 Å². The van der Waals surface area contributed by atoms with Crippen molar-refractivity contribution >= 4 is 17.2 Å². The van der Waals surface area contributed by atoms with Crippen LogP contribution < -0.4 is 5.73 Å². The maximum absolute atomic E-state index is 9.82. The number of hydrogen-bond acceptors (Lipinski definition) is 7. The summed E-state index contributed by atoms with van der Waals surface area (Å²) in [5.74, 6) is -0.283. The van der Waals surface area contributed by atoms with E-state index >= 15 is 0 Å². The van der Waals surface area contributed by atoms with Crippen molar-refractivity contribution in [2.24, 2.45) is 0 Å². The number of aromatic hydroxyl groups is 1. The van der Waals surface area contributed by atoms with Crippen LogP contribution in [0.1, 0.15) is 0 Å². The highest BCUT2D eigenvalue weighted by molar-refractivity contribution is 7.18. The Morgan fingerprint density at radius 1 is 0.920 bits per heavy atom. The van der Waals surface area contributed by atoms with Gasteiger partial charge in [-0.1, -0.05) is 30.3 Å². The van der Waals surface area contributed by atoms with E-state index in [1.165, 1.54) is 11.3 Å². The SMILES string of the molecule is Nc1ncc(-c2sc(-c3ccccc3)nc2-c2ccncc2)nc1O. The molecule has 0 amide bonds. The monoisotopic (exact) mass is 347 g/mol. The van der Waals surface area contributed by atoms with Gasteiger partial charge in [-0.15, -0.1) is 11.3 Å². The Labute approximate surface area is 147 Å². The van der Waals surface area contributed by atoms with E-state index in [0.29, 0.717) is 5.69 Å². The minimum atomic E-state index is -0.284. The molecule has 0 radical (unpaired) electrons. The molecule has 0 aliphatic carbocycles. The summed E-state index contributed by atoms with van der Waals surface area (Å²) in [5.41, 5.74) is 8.80. The van der Waals surface area contributed by atoms with Gasteiger partial charge in [0, 0.05) is 23.5 Å². The molecular weight excluding hydrogens is 334 g/mol. The number of nitrogens with zero attached hydrogens (tertiary/aromatic N) is 4. The van der Waals surface area contributed by atoms with Gasteiger partial charge in [0.15, 0.2) is 5.82 Å². The fraction of sp³-hybridized carbons (Fsp3) is 0. The molecule has 0 aliphatic rings. The molecule has 0 atom stereocenters. The lowest BCUT2D eigenvalue weighted by molar-refractivity contribution is 0.454. The lowest BCUT2D eigenvalue weighted by atomic mass is 10.1. The summed E-state index contributed by atoms with van der Waals surface area (Å²) in [5, 5.41) is 10.7. The summed E-state index contributed by atoms with van der Waals surface area (Å²) in [4.78, 5) is 17.8. The quantitative estimate of drug-likeness (QED) is 0.587. The van der Waals surface area contributed by atoms with Crippen molar-refractivity contribution < 1.29 is 5.11 Å². The molecule has 3 N–H and O–H groups in total. The Bertz CT molecular complexity index is 1020. The van der Waals surface area contributed by atoms with E-state index < -0.39 is 0 Å². The molecule has 0 spiro atoms. The van der Waals surface area contributed by atoms with E-state index in [4.69, 9.17) is 10.7 Å². The highest BCUT2D eigenvalue weighted by Gasteiger charge is 2.18. The van der Waals surface area contributed by atoms with Crippen molar-refractivity contribution in [1.29, 1.82) is 0 Å². The van der Waals surface area contributed by atoms with Gasteiger partial charge in [-0.05, 0) is 12.1 Å². The van der Waals surface area contributed by atoms with Crippen LogP contribution in [0, 0.1) is 0 Å². The maximum Gasteiger partial charge on any atom is 0.255 e. The van der Waals surface area contributed by atoms with Crippen LogP contribution in [0.25, 0.3) is 32.4 Å². The Balaban J connectivity index is 1.92. The molecule has 0 saturated carbocycles. The molecule has 25 heavy (non-hydrogen) atoms. The molecule has 122 valence electrons. The van der Waals surface area contributed by atoms with Crippen molar-refractivity contribution in [3.05, 3.63) is 61.1 Å². The zero-order chi connectivity index (χ0) is 17.2. The van der Waals surface area contributed by atoms with Crippen LogP contribution in [-0.2, 0) is 0 Å².